The summed E-state index contributed by atoms with van der Waals surface area (Å²) in [6.45, 7) is 5.72. The van der Waals surface area contributed by atoms with E-state index in [2.05, 4.69) is 36.5 Å². The molecular weight excluding hydrogens is 529 g/mol. The highest BCUT2D eigenvalue weighted by atomic mass is 79.9. The highest BCUT2D eigenvalue weighted by Crippen LogP contribution is 2.38. The lowest BCUT2D eigenvalue weighted by Crippen LogP contribution is -2.37. The fourth-order valence-electron chi connectivity index (χ4n) is 4.04. The normalized spacial score (nSPS) is 13.6. The predicted molar refractivity (Wildman–Crippen MR) is 140 cm³/mol. The number of carbonyl (C=O) groups is 1. The van der Waals surface area contributed by atoms with Gasteiger partial charge in [0.15, 0.2) is 11.6 Å². The van der Waals surface area contributed by atoms with Crippen molar-refractivity contribution in [3.05, 3.63) is 58.4 Å². The fourth-order valence-corrected chi connectivity index (χ4v) is 4.41. The summed E-state index contributed by atoms with van der Waals surface area (Å²) in [4.78, 5) is 32.4. The number of amides is 1. The molecule has 3 aromatic heterocycles. The highest BCUT2D eigenvalue weighted by Gasteiger charge is 2.22. The summed E-state index contributed by atoms with van der Waals surface area (Å²) in [7, 11) is 0. The monoisotopic (exact) mass is 551 g/mol. The Morgan fingerprint density at radius 3 is 2.61 bits per heavy atom. The zero-order valence-electron chi connectivity index (χ0n) is 19.7. The van der Waals surface area contributed by atoms with Crippen LogP contribution >= 0.6 is 15.9 Å². The molecule has 1 amide bonds. The van der Waals surface area contributed by atoms with Gasteiger partial charge in [0.05, 0.1) is 35.8 Å². The van der Waals surface area contributed by atoms with Gasteiger partial charge in [-0.05, 0) is 47.1 Å². The second-order valence-electron chi connectivity index (χ2n) is 8.28. The molecule has 4 heterocycles. The zero-order valence-corrected chi connectivity index (χ0v) is 21.3. The van der Waals surface area contributed by atoms with Gasteiger partial charge in [-0.15, -0.1) is 0 Å². The van der Waals surface area contributed by atoms with Crippen molar-refractivity contribution in [2.24, 2.45) is 0 Å². The topological polar surface area (TPSA) is 105 Å². The number of halogens is 2. The molecule has 0 radical (unpaired) electrons. The number of carbonyl (C=O) groups excluding carboxylic acids is 1. The molecule has 0 saturated carbocycles. The molecule has 36 heavy (non-hydrogen) atoms. The predicted octanol–water partition coefficient (Wildman–Crippen LogP) is 4.84. The van der Waals surface area contributed by atoms with Gasteiger partial charge < -0.3 is 20.3 Å². The summed E-state index contributed by atoms with van der Waals surface area (Å²) in [6.07, 6.45) is 1.69. The van der Waals surface area contributed by atoms with Crippen LogP contribution in [0.15, 0.2) is 47.1 Å². The molecular formula is C25H23BrFN7O2. The SMILES string of the molecule is CC(=O)Nc1nc(N2CCOCC2)nc(Nc2c(C)c(-c3ccccn3)nc3cc(F)ccc23)c1Br. The van der Waals surface area contributed by atoms with Gasteiger partial charge in [-0.1, -0.05) is 6.07 Å². The largest absolute Gasteiger partial charge is 0.378 e. The molecule has 9 nitrogen and oxygen atoms in total. The van der Waals surface area contributed by atoms with Crippen molar-refractivity contribution in [3.8, 4) is 11.4 Å². The third-order valence-electron chi connectivity index (χ3n) is 5.77. The third-order valence-corrected chi connectivity index (χ3v) is 6.52. The lowest BCUT2D eigenvalue weighted by Gasteiger charge is -2.28. The minimum atomic E-state index is -0.387. The van der Waals surface area contributed by atoms with Gasteiger partial charge in [-0.2, -0.15) is 9.97 Å². The number of anilines is 4. The molecule has 1 aromatic carbocycles. The number of benzene rings is 1. The van der Waals surface area contributed by atoms with Crippen LogP contribution in [0.4, 0.5) is 27.7 Å². The summed E-state index contributed by atoms with van der Waals surface area (Å²) >= 11 is 3.56. The minimum Gasteiger partial charge on any atom is -0.378 e. The van der Waals surface area contributed by atoms with E-state index in [1.807, 2.05) is 30.0 Å². The van der Waals surface area contributed by atoms with Crippen LogP contribution in [-0.4, -0.2) is 52.1 Å². The van der Waals surface area contributed by atoms with Crippen molar-refractivity contribution in [3.63, 3.8) is 0 Å². The van der Waals surface area contributed by atoms with Crippen LogP contribution in [0.5, 0.6) is 0 Å². The Morgan fingerprint density at radius 1 is 1.11 bits per heavy atom. The molecule has 0 atom stereocenters. The van der Waals surface area contributed by atoms with E-state index in [1.54, 1.807) is 12.3 Å². The number of morpholine rings is 1. The first-order valence-electron chi connectivity index (χ1n) is 11.4. The third kappa shape index (κ3) is 4.84. The number of rotatable bonds is 5. The molecule has 0 spiro atoms. The first-order valence-corrected chi connectivity index (χ1v) is 12.2. The van der Waals surface area contributed by atoms with E-state index in [1.165, 1.54) is 19.1 Å². The maximum absolute atomic E-state index is 14.2. The van der Waals surface area contributed by atoms with Gasteiger partial charge in [-0.25, -0.2) is 9.37 Å². The molecule has 1 saturated heterocycles. The average Bonchev–Trinajstić information content (AvgIpc) is 2.88. The molecule has 184 valence electrons. The maximum atomic E-state index is 14.2. The van der Waals surface area contributed by atoms with Crippen molar-refractivity contribution in [2.75, 3.05) is 41.8 Å². The van der Waals surface area contributed by atoms with Crippen LogP contribution in [0.3, 0.4) is 0 Å². The van der Waals surface area contributed by atoms with Crippen LogP contribution in [0.2, 0.25) is 0 Å². The summed E-state index contributed by atoms with van der Waals surface area (Å²) in [5.41, 5.74) is 3.27. The zero-order chi connectivity index (χ0) is 25.2. The first kappa shape index (κ1) is 24.0. The van der Waals surface area contributed by atoms with Crippen LogP contribution in [-0.2, 0) is 9.53 Å². The Balaban J connectivity index is 1.68. The van der Waals surface area contributed by atoms with Gasteiger partial charge >= 0.3 is 0 Å². The number of aromatic nitrogens is 4. The van der Waals surface area contributed by atoms with E-state index < -0.39 is 0 Å². The van der Waals surface area contributed by atoms with E-state index in [0.717, 1.165) is 5.56 Å². The van der Waals surface area contributed by atoms with Gasteiger partial charge in [0.25, 0.3) is 0 Å². The number of hydrogen-bond donors (Lipinski definition) is 2. The Hall–Kier alpha value is -3.70. The molecule has 1 fully saturated rings. The number of pyridine rings is 2. The van der Waals surface area contributed by atoms with E-state index in [4.69, 9.17) is 14.7 Å². The smallest absolute Gasteiger partial charge is 0.229 e. The van der Waals surface area contributed by atoms with Crippen LogP contribution in [0.1, 0.15) is 12.5 Å². The van der Waals surface area contributed by atoms with Crippen molar-refractivity contribution < 1.29 is 13.9 Å². The second-order valence-corrected chi connectivity index (χ2v) is 9.07. The van der Waals surface area contributed by atoms with Gasteiger partial charge in [-0.3, -0.25) is 9.78 Å². The molecule has 1 aliphatic heterocycles. The minimum absolute atomic E-state index is 0.258. The fraction of sp³-hybridized carbons (Fsp3) is 0.240. The quantitative estimate of drug-likeness (QED) is 0.363. The van der Waals surface area contributed by atoms with Crippen LogP contribution < -0.4 is 15.5 Å². The van der Waals surface area contributed by atoms with Crippen LogP contribution in [0.25, 0.3) is 22.3 Å². The summed E-state index contributed by atoms with van der Waals surface area (Å²) < 4.78 is 20.1. The van der Waals surface area contributed by atoms with Crippen molar-refractivity contribution >= 4 is 56.0 Å². The highest BCUT2D eigenvalue weighted by molar-refractivity contribution is 9.10. The second kappa shape index (κ2) is 10.1. The molecule has 11 heteroatoms. The average molecular weight is 552 g/mol. The Labute approximate surface area is 215 Å². The Morgan fingerprint density at radius 2 is 1.89 bits per heavy atom. The summed E-state index contributed by atoms with van der Waals surface area (Å²) in [6, 6.07) is 10.0. The molecule has 0 aliphatic carbocycles. The number of nitrogens with zero attached hydrogens (tertiary/aromatic N) is 5. The van der Waals surface area contributed by atoms with Crippen LogP contribution in [0, 0.1) is 12.7 Å². The molecule has 0 bridgehead atoms. The lowest BCUT2D eigenvalue weighted by molar-refractivity contribution is -0.114. The van der Waals surface area contributed by atoms with Gasteiger partial charge in [0, 0.05) is 43.2 Å². The Kier molecular flexibility index (Phi) is 6.75. The van der Waals surface area contributed by atoms with Crippen molar-refractivity contribution in [1.82, 2.24) is 19.9 Å². The van der Waals surface area contributed by atoms with Gasteiger partial charge in [0.2, 0.25) is 11.9 Å². The first-order chi connectivity index (χ1) is 17.4. The van der Waals surface area contributed by atoms with Gasteiger partial charge in [0.1, 0.15) is 10.3 Å². The van der Waals surface area contributed by atoms with Crippen molar-refractivity contribution in [1.29, 1.82) is 0 Å². The van der Waals surface area contributed by atoms with E-state index in [-0.39, 0.29) is 11.7 Å². The lowest BCUT2D eigenvalue weighted by atomic mass is 10.0. The maximum Gasteiger partial charge on any atom is 0.229 e. The molecule has 2 N–H and O–H groups in total. The standard InChI is InChI=1S/C25H23BrFN7O2/c1-14-21(17-7-6-16(27)13-19(17)30-22(14)18-5-3-4-8-28-18)31-24-20(26)23(29-15(2)35)32-25(33-24)34-9-11-36-12-10-34/h3-8,13H,9-12H2,1-2H3,(H2,29,30,31,32,33,35). The van der Waals surface area contributed by atoms with E-state index >= 15 is 0 Å². The van der Waals surface area contributed by atoms with Crippen molar-refractivity contribution in [2.45, 2.75) is 13.8 Å². The number of nitrogens with one attached hydrogen (secondary N) is 2. The molecule has 4 aromatic rings. The van der Waals surface area contributed by atoms with E-state index in [9.17, 15) is 9.18 Å². The molecule has 0 unspecified atom stereocenters. The summed E-state index contributed by atoms with van der Waals surface area (Å²) in [5, 5.41) is 6.89. The van der Waals surface area contributed by atoms with E-state index in [0.29, 0.717) is 76.3 Å². The number of fused-ring (bicyclic) bond motifs is 1. The molecule has 5 rings (SSSR count). The number of ether oxygens (including phenoxy) is 1. The summed E-state index contributed by atoms with van der Waals surface area (Å²) in [5.74, 6) is 0.602. The number of hydrogen-bond acceptors (Lipinski definition) is 8. The molecule has 1 aliphatic rings. The Bertz CT molecular complexity index is 1450.